The number of carboxylic acid groups (broad SMARTS) is 1. The van der Waals surface area contributed by atoms with Crippen LogP contribution in [-0.2, 0) is 11.3 Å². The number of nitro benzene ring substituents is 1. The average Bonchev–Trinajstić information content (AvgIpc) is 2.72. The number of hydrogen-bond acceptors (Lipinski definition) is 5. The van der Waals surface area contributed by atoms with Crippen LogP contribution in [0, 0.1) is 16.0 Å². The molecule has 1 heterocycles. The number of nitro groups is 1. The Kier molecular flexibility index (Phi) is 5.88. The molecule has 1 fully saturated rings. The van der Waals surface area contributed by atoms with Gasteiger partial charge in [-0.05, 0) is 30.5 Å². The molecule has 146 valence electrons. The minimum atomic E-state index is -0.927. The van der Waals surface area contributed by atoms with E-state index in [1.165, 1.54) is 23.1 Å². The first kappa shape index (κ1) is 19.3. The van der Waals surface area contributed by atoms with Crippen LogP contribution in [-0.4, -0.2) is 39.9 Å². The van der Waals surface area contributed by atoms with Gasteiger partial charge in [0.05, 0.1) is 10.8 Å². The predicted octanol–water partition coefficient (Wildman–Crippen LogP) is 3.14. The number of nitrogens with zero attached hydrogens (tertiary/aromatic N) is 2. The standard InChI is InChI=1S/C20H21N3O5/c24-19(22-10-4-7-16(13-22)20(25)26)15-8-9-17(18(11-15)23(27)28)21-12-14-5-2-1-3-6-14/h1-3,5-6,8-9,11,16,21H,4,7,10,12-13H2,(H,25,26). The fourth-order valence-corrected chi connectivity index (χ4v) is 3.30. The van der Waals surface area contributed by atoms with Crippen molar-refractivity contribution in [1.29, 1.82) is 0 Å². The van der Waals surface area contributed by atoms with Crippen LogP contribution in [0.4, 0.5) is 11.4 Å². The average molecular weight is 383 g/mol. The van der Waals surface area contributed by atoms with Gasteiger partial charge in [-0.25, -0.2) is 0 Å². The summed E-state index contributed by atoms with van der Waals surface area (Å²) in [5.41, 5.74) is 1.30. The minimum absolute atomic E-state index is 0.121. The first-order valence-corrected chi connectivity index (χ1v) is 9.04. The van der Waals surface area contributed by atoms with E-state index in [9.17, 15) is 24.8 Å². The topological polar surface area (TPSA) is 113 Å². The Morgan fingerprint density at radius 2 is 1.96 bits per heavy atom. The number of benzene rings is 2. The molecular weight excluding hydrogens is 362 g/mol. The third kappa shape index (κ3) is 4.46. The molecule has 2 N–H and O–H groups in total. The van der Waals surface area contributed by atoms with E-state index in [2.05, 4.69) is 5.32 Å². The number of carbonyl (C=O) groups excluding carboxylic acids is 1. The Hall–Kier alpha value is -3.42. The van der Waals surface area contributed by atoms with Gasteiger partial charge in [0.1, 0.15) is 5.69 Å². The summed E-state index contributed by atoms with van der Waals surface area (Å²) in [6.07, 6.45) is 1.13. The molecule has 0 radical (unpaired) electrons. The van der Waals surface area contributed by atoms with Crippen LogP contribution >= 0.6 is 0 Å². The number of likely N-dealkylation sites (tertiary alicyclic amines) is 1. The van der Waals surface area contributed by atoms with E-state index in [-0.39, 0.29) is 23.7 Å². The van der Waals surface area contributed by atoms with Crippen LogP contribution in [0.25, 0.3) is 0 Å². The molecule has 1 amide bonds. The lowest BCUT2D eigenvalue weighted by atomic mass is 9.97. The maximum atomic E-state index is 12.7. The van der Waals surface area contributed by atoms with Crippen LogP contribution < -0.4 is 5.32 Å². The number of amides is 1. The molecule has 3 rings (SSSR count). The van der Waals surface area contributed by atoms with Crippen LogP contribution in [0.3, 0.4) is 0 Å². The summed E-state index contributed by atoms with van der Waals surface area (Å²) in [5.74, 6) is -1.91. The Labute approximate surface area is 161 Å². The molecule has 0 aliphatic carbocycles. The summed E-state index contributed by atoms with van der Waals surface area (Å²) >= 11 is 0. The van der Waals surface area contributed by atoms with Crippen molar-refractivity contribution in [2.24, 2.45) is 5.92 Å². The number of rotatable bonds is 6. The number of piperidine rings is 1. The van der Waals surface area contributed by atoms with Gasteiger partial charge in [-0.1, -0.05) is 30.3 Å². The van der Waals surface area contributed by atoms with Gasteiger partial charge in [-0.15, -0.1) is 0 Å². The molecule has 0 aromatic heterocycles. The Morgan fingerprint density at radius 3 is 2.64 bits per heavy atom. The highest BCUT2D eigenvalue weighted by Crippen LogP contribution is 2.28. The molecule has 8 nitrogen and oxygen atoms in total. The summed E-state index contributed by atoms with van der Waals surface area (Å²) in [5, 5.41) is 23.7. The van der Waals surface area contributed by atoms with Crippen LogP contribution in [0.1, 0.15) is 28.8 Å². The molecule has 1 aliphatic rings. The lowest BCUT2D eigenvalue weighted by Gasteiger charge is -2.30. The van der Waals surface area contributed by atoms with Gasteiger partial charge >= 0.3 is 5.97 Å². The van der Waals surface area contributed by atoms with E-state index in [1.54, 1.807) is 0 Å². The van der Waals surface area contributed by atoms with Crippen LogP contribution in [0.15, 0.2) is 48.5 Å². The van der Waals surface area contributed by atoms with Gasteiger partial charge in [0.2, 0.25) is 0 Å². The molecule has 2 aromatic rings. The third-order valence-corrected chi connectivity index (χ3v) is 4.83. The quantitative estimate of drug-likeness (QED) is 0.585. The molecule has 1 unspecified atom stereocenters. The molecule has 0 spiro atoms. The van der Waals surface area contributed by atoms with E-state index < -0.39 is 16.8 Å². The Balaban J connectivity index is 1.77. The van der Waals surface area contributed by atoms with E-state index in [0.717, 1.165) is 5.56 Å². The highest BCUT2D eigenvalue weighted by molar-refractivity contribution is 5.96. The van der Waals surface area contributed by atoms with Crippen molar-refractivity contribution < 1.29 is 19.6 Å². The fraction of sp³-hybridized carbons (Fsp3) is 0.300. The SMILES string of the molecule is O=C(O)C1CCCN(C(=O)c2ccc(NCc3ccccc3)c([N+](=O)[O-])c2)C1. The second kappa shape index (κ2) is 8.51. The van der Waals surface area contributed by atoms with E-state index in [4.69, 9.17) is 0 Å². The van der Waals surface area contributed by atoms with Crippen molar-refractivity contribution in [3.63, 3.8) is 0 Å². The molecule has 28 heavy (non-hydrogen) atoms. The zero-order chi connectivity index (χ0) is 20.1. The van der Waals surface area contributed by atoms with Crippen molar-refractivity contribution >= 4 is 23.3 Å². The van der Waals surface area contributed by atoms with Gasteiger partial charge in [-0.3, -0.25) is 19.7 Å². The zero-order valence-electron chi connectivity index (χ0n) is 15.2. The van der Waals surface area contributed by atoms with Gasteiger partial charge in [-0.2, -0.15) is 0 Å². The van der Waals surface area contributed by atoms with Crippen molar-refractivity contribution in [3.8, 4) is 0 Å². The lowest BCUT2D eigenvalue weighted by Crippen LogP contribution is -2.42. The van der Waals surface area contributed by atoms with Gasteiger partial charge in [0.15, 0.2) is 0 Å². The Morgan fingerprint density at radius 1 is 1.21 bits per heavy atom. The first-order chi connectivity index (χ1) is 13.5. The maximum Gasteiger partial charge on any atom is 0.308 e. The second-order valence-electron chi connectivity index (χ2n) is 6.76. The number of hydrogen-bond donors (Lipinski definition) is 2. The maximum absolute atomic E-state index is 12.7. The lowest BCUT2D eigenvalue weighted by molar-refractivity contribution is -0.384. The number of carbonyl (C=O) groups is 2. The van der Waals surface area contributed by atoms with Gasteiger partial charge in [0, 0.05) is 31.3 Å². The van der Waals surface area contributed by atoms with Crippen LogP contribution in [0.2, 0.25) is 0 Å². The molecule has 1 saturated heterocycles. The van der Waals surface area contributed by atoms with Crippen LogP contribution in [0.5, 0.6) is 0 Å². The van der Waals surface area contributed by atoms with E-state index in [1.807, 2.05) is 30.3 Å². The molecule has 0 bridgehead atoms. The summed E-state index contributed by atoms with van der Waals surface area (Å²) in [7, 11) is 0. The number of nitrogens with one attached hydrogen (secondary N) is 1. The number of aliphatic carboxylic acids is 1. The van der Waals surface area contributed by atoms with E-state index in [0.29, 0.717) is 31.6 Å². The normalized spacial score (nSPS) is 16.4. The summed E-state index contributed by atoms with van der Waals surface area (Å²) in [6, 6.07) is 13.8. The van der Waals surface area contributed by atoms with Crippen molar-refractivity contribution in [2.45, 2.75) is 19.4 Å². The predicted molar refractivity (Wildman–Crippen MR) is 103 cm³/mol. The number of carboxylic acids is 1. The van der Waals surface area contributed by atoms with E-state index >= 15 is 0 Å². The molecular formula is C20H21N3O5. The fourth-order valence-electron chi connectivity index (χ4n) is 3.30. The largest absolute Gasteiger partial charge is 0.481 e. The molecule has 8 heteroatoms. The van der Waals surface area contributed by atoms with Crippen molar-refractivity contribution in [1.82, 2.24) is 4.90 Å². The van der Waals surface area contributed by atoms with Crippen molar-refractivity contribution in [2.75, 3.05) is 18.4 Å². The monoisotopic (exact) mass is 383 g/mol. The zero-order valence-corrected chi connectivity index (χ0v) is 15.2. The van der Waals surface area contributed by atoms with Gasteiger partial charge in [0.25, 0.3) is 11.6 Å². The smallest absolute Gasteiger partial charge is 0.308 e. The molecule has 1 atom stereocenters. The minimum Gasteiger partial charge on any atom is -0.481 e. The summed E-state index contributed by atoms with van der Waals surface area (Å²) in [6.45, 7) is 0.988. The molecule has 1 aliphatic heterocycles. The Bertz CT molecular complexity index is 885. The third-order valence-electron chi connectivity index (χ3n) is 4.83. The highest BCUT2D eigenvalue weighted by Gasteiger charge is 2.29. The molecule has 2 aromatic carbocycles. The molecule has 0 saturated carbocycles. The second-order valence-corrected chi connectivity index (χ2v) is 6.76. The van der Waals surface area contributed by atoms with Crippen molar-refractivity contribution in [3.05, 3.63) is 69.8 Å². The summed E-state index contributed by atoms with van der Waals surface area (Å²) in [4.78, 5) is 36.3. The first-order valence-electron chi connectivity index (χ1n) is 9.04. The van der Waals surface area contributed by atoms with Gasteiger partial charge < -0.3 is 15.3 Å². The highest BCUT2D eigenvalue weighted by atomic mass is 16.6. The number of anilines is 1. The summed E-state index contributed by atoms with van der Waals surface area (Å²) < 4.78 is 0.